The van der Waals surface area contributed by atoms with Gasteiger partial charge in [0.25, 0.3) is 0 Å². The number of hydrogen-bond acceptors (Lipinski definition) is 2. The van der Waals surface area contributed by atoms with E-state index in [1.54, 1.807) is 0 Å². The smallest absolute Gasteiger partial charge is 0.171 e. The van der Waals surface area contributed by atoms with E-state index in [1.807, 2.05) is 4.90 Å². The highest BCUT2D eigenvalue weighted by atomic mass is 35.5. The van der Waals surface area contributed by atoms with E-state index in [-0.39, 0.29) is 0 Å². The highest BCUT2D eigenvalue weighted by Crippen LogP contribution is 1.97. The Bertz CT molecular complexity index is 100. The number of halogens is 1. The summed E-state index contributed by atoms with van der Waals surface area (Å²) in [5, 5.41) is 3.11. The Labute approximate surface area is 58.8 Å². The molecule has 0 aliphatic carbocycles. The molecule has 0 saturated carbocycles. The predicted molar refractivity (Wildman–Crippen MR) is 38.0 cm³/mol. The van der Waals surface area contributed by atoms with Crippen LogP contribution in [0.5, 0.6) is 0 Å². The van der Waals surface area contributed by atoms with E-state index in [0.717, 1.165) is 19.8 Å². The molecule has 46 valence electrons. The zero-order valence-electron chi connectivity index (χ0n) is 4.35. The third-order valence-electron chi connectivity index (χ3n) is 1.11. The second-order valence-electron chi connectivity index (χ2n) is 1.67. The van der Waals surface area contributed by atoms with Gasteiger partial charge in [0.05, 0.1) is 6.67 Å². The van der Waals surface area contributed by atoms with E-state index < -0.39 is 0 Å². The maximum absolute atomic E-state index is 5.50. The summed E-state index contributed by atoms with van der Waals surface area (Å²) in [6.07, 6.45) is 0. The first-order valence-electron chi connectivity index (χ1n) is 2.46. The van der Waals surface area contributed by atoms with Crippen molar-refractivity contribution in [2.45, 2.75) is 0 Å². The quantitative estimate of drug-likeness (QED) is 0.305. The SMILES string of the molecule is S=C(Cl)N1CCNC1. The van der Waals surface area contributed by atoms with Gasteiger partial charge in [-0.3, -0.25) is 5.32 Å². The molecule has 1 aliphatic heterocycles. The topological polar surface area (TPSA) is 15.3 Å². The summed E-state index contributed by atoms with van der Waals surface area (Å²) in [4.78, 5) is 1.91. The van der Waals surface area contributed by atoms with Crippen molar-refractivity contribution >= 4 is 28.3 Å². The van der Waals surface area contributed by atoms with E-state index >= 15 is 0 Å². The van der Waals surface area contributed by atoms with Crippen molar-refractivity contribution in [3.63, 3.8) is 0 Å². The Hall–Kier alpha value is 0.140. The molecule has 1 fully saturated rings. The summed E-state index contributed by atoms with van der Waals surface area (Å²) >= 11 is 10.2. The number of hydrogen-bond donors (Lipinski definition) is 1. The minimum absolute atomic E-state index is 0.468. The minimum atomic E-state index is 0.468. The summed E-state index contributed by atoms with van der Waals surface area (Å²) in [6.45, 7) is 2.75. The lowest BCUT2D eigenvalue weighted by molar-refractivity contribution is 0.529. The van der Waals surface area contributed by atoms with E-state index in [9.17, 15) is 0 Å². The van der Waals surface area contributed by atoms with Gasteiger partial charge in [-0.2, -0.15) is 0 Å². The molecule has 0 bridgehead atoms. The van der Waals surface area contributed by atoms with Crippen LogP contribution in [0.3, 0.4) is 0 Å². The fourth-order valence-corrected chi connectivity index (χ4v) is 0.957. The lowest BCUT2D eigenvalue weighted by Gasteiger charge is -2.10. The van der Waals surface area contributed by atoms with Gasteiger partial charge in [-0.05, 0) is 12.2 Å². The van der Waals surface area contributed by atoms with Crippen molar-refractivity contribution in [2.75, 3.05) is 19.8 Å². The van der Waals surface area contributed by atoms with Crippen LogP contribution in [0.4, 0.5) is 0 Å². The van der Waals surface area contributed by atoms with Crippen molar-refractivity contribution in [1.29, 1.82) is 0 Å². The Morgan fingerprint density at radius 1 is 1.75 bits per heavy atom. The summed E-state index contributed by atoms with van der Waals surface area (Å²) in [7, 11) is 0. The first kappa shape index (κ1) is 6.26. The number of thiocarbonyl (C=S) groups is 1. The van der Waals surface area contributed by atoms with E-state index in [1.165, 1.54) is 0 Å². The molecular weight excluding hydrogens is 144 g/mol. The molecule has 0 atom stereocenters. The summed E-state index contributed by atoms with van der Waals surface area (Å²) < 4.78 is 0.468. The molecule has 1 N–H and O–H groups in total. The van der Waals surface area contributed by atoms with E-state index in [2.05, 4.69) is 5.32 Å². The normalized spacial score (nSPS) is 19.4. The van der Waals surface area contributed by atoms with Crippen molar-refractivity contribution < 1.29 is 0 Å². The maximum atomic E-state index is 5.50. The van der Waals surface area contributed by atoms with Crippen LogP contribution in [0.25, 0.3) is 0 Å². The van der Waals surface area contributed by atoms with Crippen LogP contribution >= 0.6 is 23.8 Å². The lowest BCUT2D eigenvalue weighted by Crippen LogP contribution is -2.23. The highest BCUT2D eigenvalue weighted by molar-refractivity contribution is 7.83. The molecule has 8 heavy (non-hydrogen) atoms. The summed E-state index contributed by atoms with van der Waals surface area (Å²) in [5.41, 5.74) is 0. The zero-order valence-corrected chi connectivity index (χ0v) is 5.93. The summed E-state index contributed by atoms with van der Waals surface area (Å²) in [5.74, 6) is 0. The molecule has 0 amide bonds. The van der Waals surface area contributed by atoms with E-state index in [0.29, 0.717) is 4.45 Å². The molecule has 0 spiro atoms. The van der Waals surface area contributed by atoms with Crippen molar-refractivity contribution in [3.05, 3.63) is 0 Å². The average Bonchev–Trinajstić information content (AvgIpc) is 2.12. The first-order chi connectivity index (χ1) is 3.80. The zero-order chi connectivity index (χ0) is 5.98. The van der Waals surface area contributed by atoms with Gasteiger partial charge in [0.15, 0.2) is 4.45 Å². The van der Waals surface area contributed by atoms with Crippen LogP contribution in [0.2, 0.25) is 0 Å². The largest absolute Gasteiger partial charge is 0.339 e. The molecule has 0 unspecified atom stereocenters. The molecule has 0 aromatic carbocycles. The van der Waals surface area contributed by atoms with Crippen molar-refractivity contribution in [1.82, 2.24) is 10.2 Å². The second kappa shape index (κ2) is 2.62. The van der Waals surface area contributed by atoms with Crippen LogP contribution in [0.15, 0.2) is 0 Å². The Morgan fingerprint density at radius 2 is 2.50 bits per heavy atom. The van der Waals surface area contributed by atoms with Crippen LogP contribution in [0, 0.1) is 0 Å². The molecule has 0 radical (unpaired) electrons. The van der Waals surface area contributed by atoms with Gasteiger partial charge in [0.2, 0.25) is 0 Å². The van der Waals surface area contributed by atoms with Gasteiger partial charge < -0.3 is 4.90 Å². The monoisotopic (exact) mass is 150 g/mol. The fourth-order valence-electron chi connectivity index (χ4n) is 0.657. The molecule has 1 heterocycles. The van der Waals surface area contributed by atoms with Crippen molar-refractivity contribution in [3.8, 4) is 0 Å². The van der Waals surface area contributed by atoms with Gasteiger partial charge in [0, 0.05) is 13.1 Å². The third-order valence-corrected chi connectivity index (χ3v) is 1.61. The molecule has 4 heteroatoms. The number of nitrogens with one attached hydrogen (secondary N) is 1. The fraction of sp³-hybridized carbons (Fsp3) is 0.750. The van der Waals surface area contributed by atoms with Gasteiger partial charge in [0.1, 0.15) is 0 Å². The third kappa shape index (κ3) is 1.31. The standard InChI is InChI=1S/C4H7ClN2S/c5-4(8)7-2-1-6-3-7/h6H,1-3H2. The molecule has 0 aromatic heterocycles. The van der Waals surface area contributed by atoms with Gasteiger partial charge >= 0.3 is 0 Å². The molecule has 1 saturated heterocycles. The average molecular weight is 151 g/mol. The van der Waals surface area contributed by atoms with Crippen LogP contribution in [-0.4, -0.2) is 29.1 Å². The second-order valence-corrected chi connectivity index (χ2v) is 2.64. The molecule has 2 nitrogen and oxygen atoms in total. The van der Waals surface area contributed by atoms with Crippen LogP contribution in [0.1, 0.15) is 0 Å². The first-order valence-corrected chi connectivity index (χ1v) is 3.24. The Kier molecular flexibility index (Phi) is 2.05. The predicted octanol–water partition coefficient (Wildman–Crippen LogP) is 0.373. The maximum Gasteiger partial charge on any atom is 0.171 e. The summed E-state index contributed by atoms with van der Waals surface area (Å²) in [6, 6.07) is 0. The minimum Gasteiger partial charge on any atom is -0.339 e. The Morgan fingerprint density at radius 3 is 2.75 bits per heavy atom. The van der Waals surface area contributed by atoms with E-state index in [4.69, 9.17) is 23.8 Å². The van der Waals surface area contributed by atoms with Gasteiger partial charge in [-0.1, -0.05) is 11.6 Å². The number of nitrogens with zero attached hydrogens (tertiary/aromatic N) is 1. The molecule has 0 aromatic rings. The Balaban J connectivity index is 2.35. The van der Waals surface area contributed by atoms with Gasteiger partial charge in [-0.15, -0.1) is 0 Å². The molecule has 1 rings (SSSR count). The van der Waals surface area contributed by atoms with Crippen LogP contribution in [-0.2, 0) is 0 Å². The van der Waals surface area contributed by atoms with Gasteiger partial charge in [-0.25, -0.2) is 0 Å². The van der Waals surface area contributed by atoms with Crippen molar-refractivity contribution in [2.24, 2.45) is 0 Å². The van der Waals surface area contributed by atoms with Crippen LogP contribution < -0.4 is 5.32 Å². The molecule has 1 aliphatic rings. The lowest BCUT2D eigenvalue weighted by atomic mass is 10.7. The highest BCUT2D eigenvalue weighted by Gasteiger charge is 2.10. The number of rotatable bonds is 0. The molecular formula is C4H7ClN2S.